The van der Waals surface area contributed by atoms with Gasteiger partial charge in [-0.05, 0) is 44.0 Å². The molecule has 1 aliphatic rings. The standard InChI is InChI=1S/C20H22N6O4S/c1-13-18(10-21-12-22-13)20-25-24-19(30-20)15-4-3-9-26(11-15)31(28,29)17-7-5-16(6-8-17)23-14(2)27/h5-8,10,12,15H,3-4,9,11H2,1-2H3,(H,23,27). The Bertz CT molecular complexity index is 1190. The summed E-state index contributed by atoms with van der Waals surface area (Å²) in [6.45, 7) is 3.89. The van der Waals surface area contributed by atoms with Crippen molar-refractivity contribution in [2.24, 2.45) is 0 Å². The summed E-state index contributed by atoms with van der Waals surface area (Å²) in [6.07, 6.45) is 4.49. The highest BCUT2D eigenvalue weighted by Gasteiger charge is 2.33. The Kier molecular flexibility index (Phi) is 5.79. The van der Waals surface area contributed by atoms with Crippen molar-refractivity contribution in [3.05, 3.63) is 48.4 Å². The van der Waals surface area contributed by atoms with Gasteiger partial charge in [-0.25, -0.2) is 18.4 Å². The lowest BCUT2D eigenvalue weighted by Crippen LogP contribution is -2.39. The van der Waals surface area contributed by atoms with Gasteiger partial charge in [0.1, 0.15) is 6.33 Å². The van der Waals surface area contributed by atoms with E-state index >= 15 is 0 Å². The molecule has 1 amide bonds. The first-order valence-electron chi connectivity index (χ1n) is 9.83. The van der Waals surface area contributed by atoms with Crippen molar-refractivity contribution in [2.45, 2.75) is 37.5 Å². The van der Waals surface area contributed by atoms with E-state index in [4.69, 9.17) is 4.42 Å². The van der Waals surface area contributed by atoms with Crippen LogP contribution < -0.4 is 5.32 Å². The van der Waals surface area contributed by atoms with Gasteiger partial charge in [-0.3, -0.25) is 4.79 Å². The number of rotatable bonds is 5. The molecule has 0 radical (unpaired) electrons. The minimum absolute atomic E-state index is 0.172. The largest absolute Gasteiger partial charge is 0.420 e. The highest BCUT2D eigenvalue weighted by atomic mass is 32.2. The van der Waals surface area contributed by atoms with Crippen molar-refractivity contribution in [2.75, 3.05) is 18.4 Å². The summed E-state index contributed by atoms with van der Waals surface area (Å²) in [5.41, 5.74) is 1.92. The number of nitrogens with zero attached hydrogens (tertiary/aromatic N) is 5. The van der Waals surface area contributed by atoms with Gasteiger partial charge in [-0.15, -0.1) is 10.2 Å². The average Bonchev–Trinajstić information content (AvgIpc) is 3.24. The minimum atomic E-state index is -3.69. The Morgan fingerprint density at radius 2 is 2.00 bits per heavy atom. The molecule has 1 atom stereocenters. The molecule has 1 unspecified atom stereocenters. The summed E-state index contributed by atoms with van der Waals surface area (Å²) in [5, 5.41) is 10.9. The third kappa shape index (κ3) is 4.47. The van der Waals surface area contributed by atoms with Gasteiger partial charge in [0, 0.05) is 31.9 Å². The van der Waals surface area contributed by atoms with E-state index in [1.165, 1.54) is 29.7 Å². The van der Waals surface area contributed by atoms with Gasteiger partial charge >= 0.3 is 0 Å². The number of piperidine rings is 1. The number of carbonyl (C=O) groups excluding carboxylic acids is 1. The Morgan fingerprint density at radius 3 is 2.71 bits per heavy atom. The van der Waals surface area contributed by atoms with Gasteiger partial charge < -0.3 is 9.73 Å². The molecule has 1 fully saturated rings. The molecule has 4 rings (SSSR count). The van der Waals surface area contributed by atoms with Crippen LogP contribution in [-0.2, 0) is 14.8 Å². The molecule has 1 aromatic carbocycles. The van der Waals surface area contributed by atoms with E-state index < -0.39 is 10.0 Å². The van der Waals surface area contributed by atoms with Gasteiger partial charge in [-0.1, -0.05) is 0 Å². The number of hydrogen-bond acceptors (Lipinski definition) is 8. The van der Waals surface area contributed by atoms with Crippen LogP contribution in [0.15, 0.2) is 46.1 Å². The maximum absolute atomic E-state index is 13.1. The van der Waals surface area contributed by atoms with Gasteiger partial charge in [0.05, 0.1) is 22.1 Å². The highest BCUT2D eigenvalue weighted by Crippen LogP contribution is 2.31. The fourth-order valence-corrected chi connectivity index (χ4v) is 5.06. The molecule has 1 N–H and O–H groups in total. The molecule has 162 valence electrons. The second-order valence-electron chi connectivity index (χ2n) is 7.38. The van der Waals surface area contributed by atoms with Crippen LogP contribution in [0.2, 0.25) is 0 Å². The molecule has 11 heteroatoms. The molecule has 3 heterocycles. The quantitative estimate of drug-likeness (QED) is 0.637. The van der Waals surface area contributed by atoms with E-state index in [1.54, 1.807) is 18.3 Å². The minimum Gasteiger partial charge on any atom is -0.420 e. The van der Waals surface area contributed by atoms with Crippen molar-refractivity contribution in [1.82, 2.24) is 24.5 Å². The van der Waals surface area contributed by atoms with E-state index in [9.17, 15) is 13.2 Å². The summed E-state index contributed by atoms with van der Waals surface area (Å²) >= 11 is 0. The maximum atomic E-state index is 13.1. The van der Waals surface area contributed by atoms with Crippen LogP contribution >= 0.6 is 0 Å². The van der Waals surface area contributed by atoms with Gasteiger partial charge in [-0.2, -0.15) is 4.31 Å². The van der Waals surface area contributed by atoms with Crippen LogP contribution in [-0.4, -0.2) is 51.9 Å². The zero-order chi connectivity index (χ0) is 22.0. The molecule has 0 aliphatic carbocycles. The summed E-state index contributed by atoms with van der Waals surface area (Å²) < 4.78 is 33.5. The lowest BCUT2D eigenvalue weighted by Gasteiger charge is -2.30. The molecule has 1 saturated heterocycles. The Balaban J connectivity index is 1.52. The van der Waals surface area contributed by atoms with E-state index in [-0.39, 0.29) is 23.3 Å². The first-order valence-corrected chi connectivity index (χ1v) is 11.3. The fraction of sp³-hybridized carbons (Fsp3) is 0.350. The Morgan fingerprint density at radius 1 is 1.23 bits per heavy atom. The second-order valence-corrected chi connectivity index (χ2v) is 9.31. The lowest BCUT2D eigenvalue weighted by atomic mass is 10.00. The zero-order valence-corrected chi connectivity index (χ0v) is 18.0. The number of sulfonamides is 1. The number of amides is 1. The topological polar surface area (TPSA) is 131 Å². The van der Waals surface area contributed by atoms with Crippen molar-refractivity contribution in [1.29, 1.82) is 0 Å². The van der Waals surface area contributed by atoms with Gasteiger partial charge in [0.25, 0.3) is 5.89 Å². The number of aromatic nitrogens is 4. The van der Waals surface area contributed by atoms with Crippen LogP contribution in [0.1, 0.15) is 37.3 Å². The van der Waals surface area contributed by atoms with Gasteiger partial charge in [0.15, 0.2) is 0 Å². The van der Waals surface area contributed by atoms with E-state index in [2.05, 4.69) is 25.5 Å². The smallest absolute Gasteiger partial charge is 0.251 e. The number of aryl methyl sites for hydroxylation is 1. The third-order valence-corrected chi connectivity index (χ3v) is 7.01. The van der Waals surface area contributed by atoms with Crippen LogP contribution in [0.25, 0.3) is 11.5 Å². The zero-order valence-electron chi connectivity index (χ0n) is 17.1. The number of anilines is 1. The van der Waals surface area contributed by atoms with Crippen molar-refractivity contribution < 1.29 is 17.6 Å². The normalized spacial score (nSPS) is 17.4. The monoisotopic (exact) mass is 442 g/mol. The van der Waals surface area contributed by atoms with Crippen molar-refractivity contribution >= 4 is 21.6 Å². The molecule has 31 heavy (non-hydrogen) atoms. The molecular weight excluding hydrogens is 420 g/mol. The molecular formula is C20H22N6O4S. The van der Waals surface area contributed by atoms with Crippen LogP contribution in [0.4, 0.5) is 5.69 Å². The third-order valence-electron chi connectivity index (χ3n) is 5.13. The summed E-state index contributed by atoms with van der Waals surface area (Å²) in [7, 11) is -3.69. The summed E-state index contributed by atoms with van der Waals surface area (Å²) in [4.78, 5) is 19.5. The molecule has 0 saturated carbocycles. The second kappa shape index (κ2) is 8.52. The summed E-state index contributed by atoms with van der Waals surface area (Å²) in [6, 6.07) is 6.13. The van der Waals surface area contributed by atoms with Crippen LogP contribution in [0.5, 0.6) is 0 Å². The Labute approximate surface area is 179 Å². The van der Waals surface area contributed by atoms with Crippen molar-refractivity contribution in [3.8, 4) is 11.5 Å². The van der Waals surface area contributed by atoms with E-state index in [1.807, 2.05) is 6.92 Å². The molecule has 1 aliphatic heterocycles. The fourth-order valence-electron chi connectivity index (χ4n) is 3.53. The van der Waals surface area contributed by atoms with Gasteiger partial charge in [0.2, 0.25) is 21.8 Å². The lowest BCUT2D eigenvalue weighted by molar-refractivity contribution is -0.114. The van der Waals surface area contributed by atoms with E-state index in [0.29, 0.717) is 36.0 Å². The predicted octanol–water partition coefficient (Wildman–Crippen LogP) is 2.36. The average molecular weight is 443 g/mol. The van der Waals surface area contributed by atoms with E-state index in [0.717, 1.165) is 12.1 Å². The predicted molar refractivity (Wildman–Crippen MR) is 112 cm³/mol. The number of carbonyl (C=O) groups is 1. The molecule has 0 bridgehead atoms. The number of hydrogen-bond donors (Lipinski definition) is 1. The number of nitrogens with one attached hydrogen (secondary N) is 1. The SMILES string of the molecule is CC(=O)Nc1ccc(S(=O)(=O)N2CCCC(c3nnc(-c4cncnc4C)o3)C2)cc1. The van der Waals surface area contributed by atoms with Crippen molar-refractivity contribution in [3.63, 3.8) is 0 Å². The number of benzene rings is 1. The van der Waals surface area contributed by atoms with Crippen LogP contribution in [0, 0.1) is 6.92 Å². The highest BCUT2D eigenvalue weighted by molar-refractivity contribution is 7.89. The molecule has 0 spiro atoms. The molecule has 2 aromatic heterocycles. The first-order chi connectivity index (χ1) is 14.8. The van der Waals surface area contributed by atoms with Crippen LogP contribution in [0.3, 0.4) is 0 Å². The molecule has 3 aromatic rings. The molecule has 10 nitrogen and oxygen atoms in total. The Hall–Kier alpha value is -3.18. The first kappa shape index (κ1) is 21.1. The summed E-state index contributed by atoms with van der Waals surface area (Å²) in [5.74, 6) is 0.305. The maximum Gasteiger partial charge on any atom is 0.251 e.